The van der Waals surface area contributed by atoms with Gasteiger partial charge in [0.25, 0.3) is 0 Å². The van der Waals surface area contributed by atoms with E-state index in [1.807, 2.05) is 0 Å². The van der Waals surface area contributed by atoms with Crippen molar-refractivity contribution in [2.24, 2.45) is 5.92 Å². The van der Waals surface area contributed by atoms with Crippen LogP contribution in [0.25, 0.3) is 0 Å². The minimum absolute atomic E-state index is 0.0536. The van der Waals surface area contributed by atoms with Gasteiger partial charge in [-0.1, -0.05) is 28.8 Å². The van der Waals surface area contributed by atoms with Crippen molar-refractivity contribution in [3.63, 3.8) is 0 Å². The maximum absolute atomic E-state index is 5.76. The monoisotopic (exact) mass is 288 g/mol. The zero-order valence-corrected chi connectivity index (χ0v) is 10.6. The van der Waals surface area contributed by atoms with Crippen LogP contribution in [0.2, 0.25) is 0 Å². The van der Waals surface area contributed by atoms with Crippen LogP contribution in [0.5, 0.6) is 0 Å². The molecule has 0 N–H and O–H groups in total. The third kappa shape index (κ3) is 4.87. The Morgan fingerprint density at radius 3 is 2.46 bits per heavy atom. The van der Waals surface area contributed by atoms with Gasteiger partial charge in [-0.15, -0.1) is 23.2 Å². The summed E-state index contributed by atoms with van der Waals surface area (Å²) in [4.78, 5) is 0.172. The van der Waals surface area contributed by atoms with Crippen molar-refractivity contribution >= 4 is 39.1 Å². The van der Waals surface area contributed by atoms with E-state index in [-0.39, 0.29) is 10.9 Å². The standard InChI is InChI=1S/C9H15BrCl2O/c10-8(5-11)9(6-12)13-4-3-7-1-2-7/h7-9H,1-6H2. The average Bonchev–Trinajstić information content (AvgIpc) is 2.95. The van der Waals surface area contributed by atoms with E-state index in [9.17, 15) is 0 Å². The molecule has 4 heteroatoms. The molecule has 1 fully saturated rings. The van der Waals surface area contributed by atoms with Crippen LogP contribution >= 0.6 is 39.1 Å². The highest BCUT2D eigenvalue weighted by Gasteiger charge is 2.22. The van der Waals surface area contributed by atoms with Crippen LogP contribution in [0.4, 0.5) is 0 Å². The first-order valence-corrected chi connectivity index (χ1v) is 6.64. The molecule has 0 aromatic carbocycles. The predicted molar refractivity (Wildman–Crippen MR) is 61.2 cm³/mol. The first kappa shape index (κ1) is 12.1. The van der Waals surface area contributed by atoms with E-state index in [0.29, 0.717) is 11.8 Å². The molecule has 2 unspecified atom stereocenters. The first-order valence-electron chi connectivity index (χ1n) is 4.65. The SMILES string of the molecule is ClCC(Br)C(CCl)OCCC1CC1. The summed E-state index contributed by atoms with van der Waals surface area (Å²) in [6, 6.07) is 0. The maximum atomic E-state index is 5.76. The molecule has 1 aliphatic carbocycles. The van der Waals surface area contributed by atoms with Crippen molar-refractivity contribution in [1.82, 2.24) is 0 Å². The van der Waals surface area contributed by atoms with E-state index in [0.717, 1.165) is 12.5 Å². The summed E-state index contributed by atoms with van der Waals surface area (Å²) < 4.78 is 5.63. The molecule has 0 aromatic rings. The molecular weight excluding hydrogens is 275 g/mol. The molecule has 0 heterocycles. The number of halogens is 3. The lowest BCUT2D eigenvalue weighted by atomic mass is 10.3. The third-order valence-corrected chi connectivity index (χ3v) is 4.18. The molecule has 1 rings (SSSR count). The molecule has 0 aliphatic heterocycles. The van der Waals surface area contributed by atoms with Gasteiger partial charge in [0, 0.05) is 18.4 Å². The lowest BCUT2D eigenvalue weighted by molar-refractivity contribution is 0.0670. The normalized spacial score (nSPS) is 21.5. The number of alkyl halides is 3. The Labute approximate surface area is 98.2 Å². The lowest BCUT2D eigenvalue weighted by Crippen LogP contribution is -2.28. The smallest absolute Gasteiger partial charge is 0.0846 e. The molecule has 0 amide bonds. The summed E-state index contributed by atoms with van der Waals surface area (Å²) in [5, 5.41) is 0. The average molecular weight is 290 g/mol. The second kappa shape index (κ2) is 6.49. The number of rotatable bonds is 7. The van der Waals surface area contributed by atoms with Gasteiger partial charge in [0.15, 0.2) is 0 Å². The summed E-state index contributed by atoms with van der Waals surface area (Å²) >= 11 is 14.9. The molecule has 0 bridgehead atoms. The highest BCUT2D eigenvalue weighted by Crippen LogP contribution is 2.32. The zero-order valence-electron chi connectivity index (χ0n) is 7.52. The van der Waals surface area contributed by atoms with Crippen molar-refractivity contribution in [2.75, 3.05) is 18.4 Å². The second-order valence-electron chi connectivity index (χ2n) is 3.47. The predicted octanol–water partition coefficient (Wildman–Crippen LogP) is 3.41. The van der Waals surface area contributed by atoms with E-state index in [1.165, 1.54) is 19.3 Å². The molecule has 78 valence electrons. The highest BCUT2D eigenvalue weighted by atomic mass is 79.9. The molecule has 1 nitrogen and oxygen atoms in total. The molecule has 2 atom stereocenters. The zero-order chi connectivity index (χ0) is 9.68. The maximum Gasteiger partial charge on any atom is 0.0846 e. The Bertz CT molecular complexity index is 142. The van der Waals surface area contributed by atoms with Crippen molar-refractivity contribution in [3.05, 3.63) is 0 Å². The number of hydrogen-bond acceptors (Lipinski definition) is 1. The van der Waals surface area contributed by atoms with Crippen molar-refractivity contribution in [1.29, 1.82) is 0 Å². The van der Waals surface area contributed by atoms with Gasteiger partial charge in [-0.3, -0.25) is 0 Å². The summed E-state index contributed by atoms with van der Waals surface area (Å²) in [5.41, 5.74) is 0. The van der Waals surface area contributed by atoms with Crippen LogP contribution in [0.3, 0.4) is 0 Å². The van der Waals surface area contributed by atoms with E-state index < -0.39 is 0 Å². The van der Waals surface area contributed by atoms with Crippen LogP contribution in [0.15, 0.2) is 0 Å². The summed E-state index contributed by atoms with van der Waals surface area (Å²) in [6.45, 7) is 0.820. The minimum Gasteiger partial charge on any atom is -0.376 e. The first-order chi connectivity index (χ1) is 6.27. The molecule has 1 aliphatic rings. The summed E-state index contributed by atoms with van der Waals surface area (Å²) in [7, 11) is 0. The van der Waals surface area contributed by atoms with Gasteiger partial charge >= 0.3 is 0 Å². The van der Waals surface area contributed by atoms with Gasteiger partial charge in [-0.2, -0.15) is 0 Å². The Balaban J connectivity index is 2.06. The van der Waals surface area contributed by atoms with Crippen LogP contribution in [-0.4, -0.2) is 29.3 Å². The highest BCUT2D eigenvalue weighted by molar-refractivity contribution is 9.09. The molecule has 0 aromatic heterocycles. The van der Waals surface area contributed by atoms with Crippen LogP contribution in [0, 0.1) is 5.92 Å². The summed E-state index contributed by atoms with van der Waals surface area (Å²) in [6.07, 6.45) is 3.98. The Morgan fingerprint density at radius 2 is 2.00 bits per heavy atom. The molecule has 1 saturated carbocycles. The lowest BCUT2D eigenvalue weighted by Gasteiger charge is -2.18. The van der Waals surface area contributed by atoms with Gasteiger partial charge in [0.2, 0.25) is 0 Å². The fourth-order valence-electron chi connectivity index (χ4n) is 1.14. The largest absolute Gasteiger partial charge is 0.376 e. The van der Waals surface area contributed by atoms with Gasteiger partial charge in [0.05, 0.1) is 10.9 Å². The summed E-state index contributed by atoms with van der Waals surface area (Å²) in [5.74, 6) is 1.97. The van der Waals surface area contributed by atoms with E-state index in [4.69, 9.17) is 27.9 Å². The molecule has 0 radical (unpaired) electrons. The quantitative estimate of drug-likeness (QED) is 0.653. The fraction of sp³-hybridized carbons (Fsp3) is 1.00. The number of hydrogen-bond donors (Lipinski definition) is 0. The molecular formula is C9H15BrCl2O. The van der Waals surface area contributed by atoms with E-state index >= 15 is 0 Å². The van der Waals surface area contributed by atoms with Gasteiger partial charge in [0.1, 0.15) is 0 Å². The molecule has 0 saturated heterocycles. The van der Waals surface area contributed by atoms with E-state index in [1.54, 1.807) is 0 Å². The molecule has 13 heavy (non-hydrogen) atoms. The Morgan fingerprint density at radius 1 is 1.31 bits per heavy atom. The van der Waals surface area contributed by atoms with Crippen LogP contribution in [-0.2, 0) is 4.74 Å². The topological polar surface area (TPSA) is 9.23 Å². The molecule has 0 spiro atoms. The Hall–Kier alpha value is 1.02. The fourth-order valence-corrected chi connectivity index (χ4v) is 2.20. The van der Waals surface area contributed by atoms with Gasteiger partial charge < -0.3 is 4.74 Å². The van der Waals surface area contributed by atoms with Gasteiger partial charge in [-0.05, 0) is 12.3 Å². The number of ether oxygens (including phenoxy) is 1. The van der Waals surface area contributed by atoms with Crippen molar-refractivity contribution < 1.29 is 4.74 Å². The minimum atomic E-state index is 0.0536. The third-order valence-electron chi connectivity index (χ3n) is 2.26. The van der Waals surface area contributed by atoms with Crippen LogP contribution in [0.1, 0.15) is 19.3 Å². The van der Waals surface area contributed by atoms with Crippen molar-refractivity contribution in [3.8, 4) is 0 Å². The Kier molecular flexibility index (Phi) is 6.04. The van der Waals surface area contributed by atoms with E-state index in [2.05, 4.69) is 15.9 Å². The van der Waals surface area contributed by atoms with Crippen molar-refractivity contribution in [2.45, 2.75) is 30.2 Å². The van der Waals surface area contributed by atoms with Crippen LogP contribution < -0.4 is 0 Å². The van der Waals surface area contributed by atoms with Gasteiger partial charge in [-0.25, -0.2) is 0 Å². The second-order valence-corrected chi connectivity index (χ2v) is 5.26.